The number of rotatable bonds is 4. The second-order valence-electron chi connectivity index (χ2n) is 7.85. The number of hydrogen-bond donors (Lipinski definition) is 0. The highest BCUT2D eigenvalue weighted by molar-refractivity contribution is 9.13. The molecule has 3 aromatic heterocycles. The molecule has 0 amide bonds. The van der Waals surface area contributed by atoms with Crippen molar-refractivity contribution in [1.29, 1.82) is 0 Å². The van der Waals surface area contributed by atoms with Gasteiger partial charge in [-0.2, -0.15) is 0 Å². The predicted molar refractivity (Wildman–Crippen MR) is 133 cm³/mol. The summed E-state index contributed by atoms with van der Waals surface area (Å²) in [6.45, 7) is 2.73. The third-order valence-corrected chi connectivity index (χ3v) is 9.25. The van der Waals surface area contributed by atoms with Crippen LogP contribution in [0, 0.1) is 12.8 Å². The maximum Gasteiger partial charge on any atom is 0.375 e. The first-order valence-electron chi connectivity index (χ1n) is 10.2. The minimum Gasteiger partial charge on any atom is -0.347 e. The van der Waals surface area contributed by atoms with Gasteiger partial charge in [0.1, 0.15) is 10.7 Å². The summed E-state index contributed by atoms with van der Waals surface area (Å²) in [7, 11) is 2.09. The minimum absolute atomic E-state index is 0.107. The number of fused-ring (bicyclic) bond motifs is 3. The zero-order valence-electron chi connectivity index (χ0n) is 17.5. The van der Waals surface area contributed by atoms with Crippen molar-refractivity contribution in [1.82, 2.24) is 14.1 Å². The van der Waals surface area contributed by atoms with Gasteiger partial charge in [-0.1, -0.05) is 23.4 Å². The number of oxime groups is 1. The summed E-state index contributed by atoms with van der Waals surface area (Å²) in [6.07, 6.45) is 5.65. The zero-order chi connectivity index (χ0) is 22.4. The zero-order valence-corrected chi connectivity index (χ0v) is 21.5. The molecule has 1 aliphatic carbocycles. The largest absolute Gasteiger partial charge is 0.375 e. The average molecular weight is 576 g/mol. The molecule has 0 aliphatic heterocycles. The molecule has 0 N–H and O–H groups in total. The molecule has 0 spiro atoms. The van der Waals surface area contributed by atoms with E-state index in [0.717, 1.165) is 55.6 Å². The Morgan fingerprint density at radius 1 is 1.34 bits per heavy atom. The van der Waals surface area contributed by atoms with E-state index in [9.17, 15) is 4.79 Å². The Bertz CT molecular complexity index is 1350. The monoisotopic (exact) mass is 574 g/mol. The highest BCUT2D eigenvalue weighted by Gasteiger charge is 2.32. The molecular weight excluding hydrogens is 556 g/mol. The van der Waals surface area contributed by atoms with E-state index >= 15 is 0 Å². The van der Waals surface area contributed by atoms with Crippen molar-refractivity contribution in [3.05, 3.63) is 72.9 Å². The molecule has 1 atom stereocenters. The van der Waals surface area contributed by atoms with E-state index in [1.54, 1.807) is 6.07 Å². The van der Waals surface area contributed by atoms with Crippen LogP contribution >= 0.6 is 43.2 Å². The molecule has 6 nitrogen and oxygen atoms in total. The molecule has 0 radical (unpaired) electrons. The van der Waals surface area contributed by atoms with Gasteiger partial charge in [0, 0.05) is 58.5 Å². The minimum atomic E-state index is -0.459. The topological polar surface area (TPSA) is 61.4 Å². The molecule has 0 saturated heterocycles. The number of benzene rings is 1. The van der Waals surface area contributed by atoms with Crippen molar-refractivity contribution >= 4 is 65.8 Å². The SMILES string of the molecule is Cc1nccn1CC1CCc2c(c3ccccc3n2C)/C1=N/OC(=O)c1cc(Br)c(Br)s1. The lowest BCUT2D eigenvalue weighted by Crippen LogP contribution is -2.28. The first-order valence-corrected chi connectivity index (χ1v) is 12.6. The van der Waals surface area contributed by atoms with Crippen LogP contribution in [0.15, 0.2) is 56.1 Å². The molecule has 1 aliphatic rings. The molecule has 32 heavy (non-hydrogen) atoms. The van der Waals surface area contributed by atoms with Crippen molar-refractivity contribution < 1.29 is 9.63 Å². The fraction of sp³-hybridized carbons (Fsp3) is 0.261. The van der Waals surface area contributed by atoms with Crippen LogP contribution in [0.25, 0.3) is 10.9 Å². The van der Waals surface area contributed by atoms with E-state index in [-0.39, 0.29) is 5.92 Å². The highest BCUT2D eigenvalue weighted by Crippen LogP contribution is 2.36. The number of para-hydroxylation sites is 1. The number of carbonyl (C=O) groups is 1. The van der Waals surface area contributed by atoms with Gasteiger partial charge in [0.05, 0.1) is 9.50 Å². The number of thiophene rings is 1. The first-order chi connectivity index (χ1) is 15.4. The van der Waals surface area contributed by atoms with Crippen molar-refractivity contribution in [2.45, 2.75) is 26.3 Å². The lowest BCUT2D eigenvalue weighted by Gasteiger charge is -2.25. The number of carbonyl (C=O) groups excluding carboxylic acids is 1. The van der Waals surface area contributed by atoms with Crippen molar-refractivity contribution in [2.75, 3.05) is 0 Å². The number of imidazole rings is 1. The van der Waals surface area contributed by atoms with Crippen LogP contribution in [-0.2, 0) is 24.9 Å². The van der Waals surface area contributed by atoms with Crippen LogP contribution in [0.3, 0.4) is 0 Å². The Balaban J connectivity index is 1.57. The number of aromatic nitrogens is 3. The van der Waals surface area contributed by atoms with Gasteiger partial charge in [0.25, 0.3) is 0 Å². The van der Waals surface area contributed by atoms with Crippen LogP contribution < -0.4 is 0 Å². The Morgan fingerprint density at radius 2 is 2.16 bits per heavy atom. The maximum absolute atomic E-state index is 12.7. The maximum atomic E-state index is 12.7. The number of nitrogens with zero attached hydrogens (tertiary/aromatic N) is 4. The Hall–Kier alpha value is -2.23. The summed E-state index contributed by atoms with van der Waals surface area (Å²) in [5.74, 6) is 0.605. The molecule has 1 aromatic carbocycles. The molecule has 164 valence electrons. The van der Waals surface area contributed by atoms with Gasteiger partial charge in [0.2, 0.25) is 0 Å². The smallest absolute Gasteiger partial charge is 0.347 e. The summed E-state index contributed by atoms with van der Waals surface area (Å²) in [4.78, 5) is 23.1. The Kier molecular flexibility index (Phi) is 5.81. The van der Waals surface area contributed by atoms with E-state index in [1.807, 2.05) is 31.5 Å². The van der Waals surface area contributed by atoms with Crippen molar-refractivity contribution in [2.24, 2.45) is 18.1 Å². The van der Waals surface area contributed by atoms with Gasteiger partial charge < -0.3 is 14.0 Å². The standard InChI is InChI=1S/C23H20Br2N4O2S/c1-13-26-9-10-29(13)12-14-7-8-18-20(15-5-3-4-6-17(15)28(18)2)21(14)27-31-23(30)19-11-16(24)22(25)32-19/h3-6,9-11,14H,7-8,12H2,1-2H3/b27-21+. The molecule has 0 fully saturated rings. The van der Waals surface area contributed by atoms with Crippen molar-refractivity contribution in [3.63, 3.8) is 0 Å². The number of hydrogen-bond acceptors (Lipinski definition) is 5. The lowest BCUT2D eigenvalue weighted by molar-refractivity contribution is 0.0519. The van der Waals surface area contributed by atoms with Crippen LogP contribution in [0.4, 0.5) is 0 Å². The van der Waals surface area contributed by atoms with Gasteiger partial charge in [-0.25, -0.2) is 9.78 Å². The fourth-order valence-electron chi connectivity index (χ4n) is 4.39. The summed E-state index contributed by atoms with van der Waals surface area (Å²) in [5.41, 5.74) is 4.28. The summed E-state index contributed by atoms with van der Waals surface area (Å²) >= 11 is 8.17. The molecule has 9 heteroatoms. The molecule has 5 rings (SSSR count). The van der Waals surface area contributed by atoms with E-state index in [2.05, 4.69) is 70.3 Å². The van der Waals surface area contributed by atoms with Crippen LogP contribution in [0.1, 0.15) is 33.2 Å². The third-order valence-electron chi connectivity index (χ3n) is 6.01. The van der Waals surface area contributed by atoms with Crippen LogP contribution in [0.2, 0.25) is 0 Å². The van der Waals surface area contributed by atoms with E-state index < -0.39 is 5.97 Å². The lowest BCUT2D eigenvalue weighted by atomic mass is 9.84. The highest BCUT2D eigenvalue weighted by atomic mass is 79.9. The van der Waals surface area contributed by atoms with E-state index in [1.165, 1.54) is 17.0 Å². The number of aryl methyl sites for hydroxylation is 2. The average Bonchev–Trinajstić information content (AvgIpc) is 3.44. The molecule has 3 heterocycles. The normalized spacial score (nSPS) is 17.1. The molecule has 1 unspecified atom stereocenters. The summed E-state index contributed by atoms with van der Waals surface area (Å²) < 4.78 is 6.03. The van der Waals surface area contributed by atoms with Gasteiger partial charge in [0.15, 0.2) is 0 Å². The van der Waals surface area contributed by atoms with Crippen LogP contribution in [0.5, 0.6) is 0 Å². The Labute approximate surface area is 206 Å². The Morgan fingerprint density at radius 3 is 2.88 bits per heavy atom. The van der Waals surface area contributed by atoms with E-state index in [0.29, 0.717) is 4.88 Å². The van der Waals surface area contributed by atoms with Crippen molar-refractivity contribution in [3.8, 4) is 0 Å². The van der Waals surface area contributed by atoms with Gasteiger partial charge in [-0.3, -0.25) is 0 Å². The van der Waals surface area contributed by atoms with Gasteiger partial charge >= 0.3 is 5.97 Å². The molecule has 4 aromatic rings. The second kappa shape index (κ2) is 8.61. The quantitative estimate of drug-likeness (QED) is 0.218. The molecular formula is C23H20Br2N4O2S. The predicted octanol–water partition coefficient (Wildman–Crippen LogP) is 6.09. The first kappa shape index (κ1) is 21.6. The summed E-state index contributed by atoms with van der Waals surface area (Å²) in [6, 6.07) is 10.1. The van der Waals surface area contributed by atoms with Crippen LogP contribution in [-0.4, -0.2) is 25.8 Å². The second-order valence-corrected chi connectivity index (χ2v) is 11.1. The fourth-order valence-corrected chi connectivity index (χ4v) is 6.30. The van der Waals surface area contributed by atoms with E-state index in [4.69, 9.17) is 4.84 Å². The molecule has 0 saturated carbocycles. The van der Waals surface area contributed by atoms with Gasteiger partial charge in [-0.15, -0.1) is 11.3 Å². The third kappa shape index (κ3) is 3.76. The number of halogens is 2. The molecule has 0 bridgehead atoms. The summed E-state index contributed by atoms with van der Waals surface area (Å²) in [5, 5.41) is 5.62. The van der Waals surface area contributed by atoms with Gasteiger partial charge in [-0.05, 0) is 63.8 Å².